The van der Waals surface area contributed by atoms with Crippen molar-refractivity contribution >= 4 is 23.6 Å². The first kappa shape index (κ1) is 13.3. The molecule has 4 heteroatoms. The molecule has 1 aliphatic carbocycles. The summed E-state index contributed by atoms with van der Waals surface area (Å²) in [4.78, 5) is 46.5. The van der Waals surface area contributed by atoms with Gasteiger partial charge in [-0.1, -0.05) is 24.3 Å². The largest absolute Gasteiger partial charge is 0.303 e. The molecule has 0 N–H and O–H groups in total. The monoisotopic (exact) mass is 258 g/mol. The Morgan fingerprint density at radius 1 is 1.21 bits per heavy atom. The third kappa shape index (κ3) is 2.38. The van der Waals surface area contributed by atoms with E-state index in [0.29, 0.717) is 17.4 Å². The number of hydrogen-bond donors (Lipinski definition) is 0. The standard InChI is InChI=1S/C15H14O4/c1-9(17)6-7-10(8-16)13-14(18)11-4-2-3-5-12(11)15(13)19/h2-5,8,10,13H,6-7H2,1H3. The Hall–Kier alpha value is -2.10. The zero-order chi connectivity index (χ0) is 14.0. The van der Waals surface area contributed by atoms with Crippen molar-refractivity contribution in [1.29, 1.82) is 0 Å². The molecule has 0 heterocycles. The molecule has 0 amide bonds. The van der Waals surface area contributed by atoms with Gasteiger partial charge in [0.2, 0.25) is 0 Å². The van der Waals surface area contributed by atoms with Gasteiger partial charge in [0, 0.05) is 23.5 Å². The van der Waals surface area contributed by atoms with Crippen molar-refractivity contribution in [2.75, 3.05) is 0 Å². The molecule has 0 spiro atoms. The molecule has 0 radical (unpaired) electrons. The molecule has 0 aliphatic heterocycles. The topological polar surface area (TPSA) is 68.3 Å². The lowest BCUT2D eigenvalue weighted by atomic mass is 9.85. The molecule has 1 aromatic rings. The molecular formula is C15H14O4. The van der Waals surface area contributed by atoms with Gasteiger partial charge < -0.3 is 9.59 Å². The van der Waals surface area contributed by atoms with Gasteiger partial charge in [0.1, 0.15) is 12.1 Å². The van der Waals surface area contributed by atoms with Crippen molar-refractivity contribution < 1.29 is 19.2 Å². The van der Waals surface area contributed by atoms with E-state index in [4.69, 9.17) is 0 Å². The van der Waals surface area contributed by atoms with Crippen molar-refractivity contribution in [1.82, 2.24) is 0 Å². The third-order valence-electron chi connectivity index (χ3n) is 3.46. The molecule has 1 atom stereocenters. The minimum atomic E-state index is -0.950. The minimum absolute atomic E-state index is 0.0535. The lowest BCUT2D eigenvalue weighted by Gasteiger charge is -2.14. The highest BCUT2D eigenvalue weighted by atomic mass is 16.2. The Bertz CT molecular complexity index is 524. The van der Waals surface area contributed by atoms with Crippen molar-refractivity contribution in [3.8, 4) is 0 Å². The lowest BCUT2D eigenvalue weighted by molar-refractivity contribution is -0.117. The Labute approximate surface area is 110 Å². The van der Waals surface area contributed by atoms with Crippen LogP contribution in [-0.4, -0.2) is 23.6 Å². The minimum Gasteiger partial charge on any atom is -0.303 e. The normalized spacial score (nSPS) is 16.3. The molecule has 4 nitrogen and oxygen atoms in total. The van der Waals surface area contributed by atoms with E-state index in [-0.39, 0.29) is 30.2 Å². The highest BCUT2D eigenvalue weighted by molar-refractivity contribution is 6.27. The van der Waals surface area contributed by atoms with Crippen LogP contribution in [0.15, 0.2) is 24.3 Å². The van der Waals surface area contributed by atoms with Gasteiger partial charge in [-0.25, -0.2) is 0 Å². The van der Waals surface area contributed by atoms with E-state index in [1.54, 1.807) is 24.3 Å². The summed E-state index contributed by atoms with van der Waals surface area (Å²) in [6.07, 6.45) is 1.07. The first-order valence-corrected chi connectivity index (χ1v) is 6.18. The molecule has 0 saturated carbocycles. The summed E-state index contributed by atoms with van der Waals surface area (Å²) in [7, 11) is 0. The molecule has 0 aromatic heterocycles. The van der Waals surface area contributed by atoms with Gasteiger partial charge in [-0.2, -0.15) is 0 Å². The number of benzene rings is 1. The highest BCUT2D eigenvalue weighted by Gasteiger charge is 2.42. The fourth-order valence-electron chi connectivity index (χ4n) is 2.44. The van der Waals surface area contributed by atoms with Gasteiger partial charge in [0.15, 0.2) is 11.6 Å². The maximum Gasteiger partial charge on any atom is 0.175 e. The van der Waals surface area contributed by atoms with Crippen LogP contribution < -0.4 is 0 Å². The van der Waals surface area contributed by atoms with Crippen LogP contribution in [-0.2, 0) is 9.59 Å². The molecule has 0 bridgehead atoms. The maximum atomic E-state index is 12.2. The van der Waals surface area contributed by atoms with Crippen LogP contribution in [0.5, 0.6) is 0 Å². The average Bonchev–Trinajstić information content (AvgIpc) is 2.65. The van der Waals surface area contributed by atoms with Gasteiger partial charge in [-0.05, 0) is 13.3 Å². The second-order valence-electron chi connectivity index (χ2n) is 4.79. The van der Waals surface area contributed by atoms with Crippen LogP contribution in [0.3, 0.4) is 0 Å². The molecule has 19 heavy (non-hydrogen) atoms. The van der Waals surface area contributed by atoms with E-state index in [1.807, 2.05) is 0 Å². The molecular weight excluding hydrogens is 244 g/mol. The molecule has 1 aliphatic rings. The van der Waals surface area contributed by atoms with Gasteiger partial charge >= 0.3 is 0 Å². The van der Waals surface area contributed by atoms with Crippen LogP contribution in [0.1, 0.15) is 40.5 Å². The SMILES string of the molecule is CC(=O)CCC(C=O)C1C(=O)c2ccccc2C1=O. The van der Waals surface area contributed by atoms with Crippen LogP contribution in [0.25, 0.3) is 0 Å². The average molecular weight is 258 g/mol. The first-order chi connectivity index (χ1) is 9.06. The molecule has 2 rings (SSSR count). The van der Waals surface area contributed by atoms with E-state index < -0.39 is 11.8 Å². The number of aldehydes is 1. The zero-order valence-corrected chi connectivity index (χ0v) is 10.6. The third-order valence-corrected chi connectivity index (χ3v) is 3.46. The second kappa shape index (κ2) is 5.26. The number of fused-ring (bicyclic) bond motifs is 1. The summed E-state index contributed by atoms with van der Waals surface area (Å²) >= 11 is 0. The summed E-state index contributed by atoms with van der Waals surface area (Å²) in [6.45, 7) is 1.43. The summed E-state index contributed by atoms with van der Waals surface area (Å²) in [5.41, 5.74) is 0.763. The molecule has 1 aromatic carbocycles. The number of rotatable bonds is 5. The fraction of sp³-hybridized carbons (Fsp3) is 0.333. The number of carbonyl (C=O) groups is 4. The van der Waals surface area contributed by atoms with Crippen molar-refractivity contribution in [3.63, 3.8) is 0 Å². The molecule has 98 valence electrons. The van der Waals surface area contributed by atoms with Gasteiger partial charge in [0.05, 0.1) is 5.92 Å². The van der Waals surface area contributed by atoms with E-state index in [1.165, 1.54) is 6.92 Å². The Kier molecular flexibility index (Phi) is 3.69. The van der Waals surface area contributed by atoms with Gasteiger partial charge in [-0.3, -0.25) is 9.59 Å². The van der Waals surface area contributed by atoms with Gasteiger partial charge in [0.25, 0.3) is 0 Å². The Balaban J connectivity index is 2.27. The number of hydrogen-bond acceptors (Lipinski definition) is 4. The van der Waals surface area contributed by atoms with Crippen molar-refractivity contribution in [3.05, 3.63) is 35.4 Å². The molecule has 0 saturated heterocycles. The smallest absolute Gasteiger partial charge is 0.175 e. The highest BCUT2D eigenvalue weighted by Crippen LogP contribution is 2.32. The Morgan fingerprint density at radius 2 is 1.74 bits per heavy atom. The fourth-order valence-corrected chi connectivity index (χ4v) is 2.44. The predicted molar refractivity (Wildman–Crippen MR) is 68.1 cm³/mol. The number of Topliss-reactive ketones (excluding diaryl/α,β-unsaturated/α-hetero) is 3. The zero-order valence-electron chi connectivity index (χ0n) is 10.6. The number of ketones is 3. The maximum absolute atomic E-state index is 12.2. The lowest BCUT2D eigenvalue weighted by Crippen LogP contribution is -2.27. The molecule has 0 fully saturated rings. The molecule has 1 unspecified atom stereocenters. The predicted octanol–water partition coefficient (Wildman–Crippen LogP) is 1.87. The van der Waals surface area contributed by atoms with Crippen LogP contribution in [0.2, 0.25) is 0 Å². The Morgan fingerprint density at radius 3 is 2.16 bits per heavy atom. The van der Waals surface area contributed by atoms with Crippen LogP contribution in [0.4, 0.5) is 0 Å². The summed E-state index contributed by atoms with van der Waals surface area (Å²) < 4.78 is 0. The van der Waals surface area contributed by atoms with Crippen LogP contribution >= 0.6 is 0 Å². The van der Waals surface area contributed by atoms with E-state index in [2.05, 4.69) is 0 Å². The van der Waals surface area contributed by atoms with Crippen molar-refractivity contribution in [2.24, 2.45) is 11.8 Å². The van der Waals surface area contributed by atoms with Gasteiger partial charge in [-0.15, -0.1) is 0 Å². The quantitative estimate of drug-likeness (QED) is 0.597. The van der Waals surface area contributed by atoms with E-state index in [9.17, 15) is 19.2 Å². The van der Waals surface area contributed by atoms with E-state index in [0.717, 1.165) is 0 Å². The first-order valence-electron chi connectivity index (χ1n) is 6.18. The summed E-state index contributed by atoms with van der Waals surface area (Å²) in [6, 6.07) is 6.58. The summed E-state index contributed by atoms with van der Waals surface area (Å²) in [5.74, 6) is -2.32. The summed E-state index contributed by atoms with van der Waals surface area (Å²) in [5, 5.41) is 0. The van der Waals surface area contributed by atoms with Crippen LogP contribution in [0, 0.1) is 11.8 Å². The van der Waals surface area contributed by atoms with E-state index >= 15 is 0 Å². The number of carbonyl (C=O) groups excluding carboxylic acids is 4. The second-order valence-corrected chi connectivity index (χ2v) is 4.79. The van der Waals surface area contributed by atoms with Crippen molar-refractivity contribution in [2.45, 2.75) is 19.8 Å².